The van der Waals surface area contributed by atoms with Crippen LogP contribution in [0.5, 0.6) is 0 Å². The Bertz CT molecular complexity index is 1630. The van der Waals surface area contributed by atoms with Crippen LogP contribution in [0.3, 0.4) is 0 Å². The Morgan fingerprint density at radius 2 is 1.67 bits per heavy atom. The molecule has 2 atom stereocenters. The first-order valence-corrected chi connectivity index (χ1v) is 15.5. The lowest BCUT2D eigenvalue weighted by Gasteiger charge is -2.34. The second kappa shape index (κ2) is 9.94. The summed E-state index contributed by atoms with van der Waals surface area (Å²) in [5, 5.41) is 0. The molecular formula is C25H27N3O5S3. The van der Waals surface area contributed by atoms with E-state index in [0.717, 1.165) is 24.0 Å². The van der Waals surface area contributed by atoms with Gasteiger partial charge in [0.05, 0.1) is 26.6 Å². The van der Waals surface area contributed by atoms with E-state index in [1.807, 2.05) is 13.8 Å². The fraction of sp³-hybridized carbons (Fsp3) is 0.360. The molecule has 0 saturated carbocycles. The van der Waals surface area contributed by atoms with Gasteiger partial charge in [0.2, 0.25) is 10.0 Å². The van der Waals surface area contributed by atoms with Gasteiger partial charge in [-0.05, 0) is 60.7 Å². The molecule has 0 aliphatic carbocycles. The molecule has 0 radical (unpaired) electrons. The summed E-state index contributed by atoms with van der Waals surface area (Å²) in [6.07, 6.45) is 7.63. The third-order valence-corrected chi connectivity index (χ3v) is 10.1. The number of thiazole rings is 1. The van der Waals surface area contributed by atoms with Crippen LogP contribution in [0.15, 0.2) is 57.2 Å². The van der Waals surface area contributed by atoms with Gasteiger partial charge >= 0.3 is 0 Å². The Balaban J connectivity index is 1.67. The number of terminal acetylenes is 1. The van der Waals surface area contributed by atoms with Gasteiger partial charge in [-0.25, -0.2) is 16.8 Å². The standard InChI is InChI=1S/C25H27N3O5S3/c1-5-12-28-22-11-10-21(35(4,30)31)14-23(22)34-25(28)26-24(29)19-6-8-20(9-7-19)36(32,33)27-15-17(2)13-18(3)16-27/h1,6-11,14,17-18H,12-13,15-16H2,2-4H3. The van der Waals surface area contributed by atoms with Crippen LogP contribution in [0.25, 0.3) is 10.2 Å². The zero-order valence-corrected chi connectivity index (χ0v) is 22.7. The largest absolute Gasteiger partial charge is 0.305 e. The molecule has 1 aliphatic heterocycles. The summed E-state index contributed by atoms with van der Waals surface area (Å²) in [6, 6.07) is 10.4. The number of aromatic nitrogens is 1. The lowest BCUT2D eigenvalue weighted by atomic mass is 9.94. The average Bonchev–Trinajstić information content (AvgIpc) is 3.14. The zero-order chi connectivity index (χ0) is 26.3. The van der Waals surface area contributed by atoms with Crippen molar-refractivity contribution >= 4 is 47.3 Å². The molecule has 1 aliphatic rings. The van der Waals surface area contributed by atoms with Gasteiger partial charge < -0.3 is 4.57 Å². The highest BCUT2D eigenvalue weighted by molar-refractivity contribution is 7.90. The van der Waals surface area contributed by atoms with Crippen molar-refractivity contribution in [3.05, 3.63) is 52.8 Å². The minimum absolute atomic E-state index is 0.137. The number of fused-ring (bicyclic) bond motifs is 1. The molecule has 4 rings (SSSR count). The number of hydrogen-bond acceptors (Lipinski definition) is 6. The van der Waals surface area contributed by atoms with E-state index in [9.17, 15) is 21.6 Å². The summed E-state index contributed by atoms with van der Waals surface area (Å²) in [5.41, 5.74) is 0.902. The molecule has 0 N–H and O–H groups in total. The summed E-state index contributed by atoms with van der Waals surface area (Å²) in [5.74, 6) is 2.54. The van der Waals surface area contributed by atoms with Gasteiger partial charge in [0.15, 0.2) is 14.6 Å². The van der Waals surface area contributed by atoms with Gasteiger partial charge in [-0.3, -0.25) is 4.79 Å². The number of carbonyl (C=O) groups is 1. The van der Waals surface area contributed by atoms with Crippen LogP contribution in [0.4, 0.5) is 0 Å². The number of carbonyl (C=O) groups excluding carboxylic acids is 1. The van der Waals surface area contributed by atoms with Gasteiger partial charge in [0.1, 0.15) is 0 Å². The van der Waals surface area contributed by atoms with Crippen LogP contribution in [0.2, 0.25) is 0 Å². The smallest absolute Gasteiger partial charge is 0.279 e. The Hall–Kier alpha value is -2.78. The van der Waals surface area contributed by atoms with Crippen LogP contribution < -0.4 is 4.80 Å². The monoisotopic (exact) mass is 545 g/mol. The number of hydrogen-bond donors (Lipinski definition) is 0. The summed E-state index contributed by atoms with van der Waals surface area (Å²) in [7, 11) is -7.06. The van der Waals surface area contributed by atoms with Crippen molar-refractivity contribution in [2.45, 2.75) is 36.6 Å². The second-order valence-electron chi connectivity index (χ2n) is 9.29. The first-order valence-electron chi connectivity index (χ1n) is 11.4. The molecule has 2 heterocycles. The lowest BCUT2D eigenvalue weighted by Crippen LogP contribution is -2.42. The number of nitrogens with zero attached hydrogens (tertiary/aromatic N) is 3. The maximum absolute atomic E-state index is 13.1. The highest BCUT2D eigenvalue weighted by Crippen LogP contribution is 2.27. The number of sulfonamides is 1. The van der Waals surface area contributed by atoms with Crippen molar-refractivity contribution in [2.24, 2.45) is 16.8 Å². The summed E-state index contributed by atoms with van der Waals surface area (Å²) in [4.78, 5) is 17.8. The lowest BCUT2D eigenvalue weighted by molar-refractivity contribution is 0.0997. The van der Waals surface area contributed by atoms with E-state index in [0.29, 0.717) is 28.1 Å². The van der Waals surface area contributed by atoms with E-state index in [1.165, 1.54) is 40.7 Å². The topological polar surface area (TPSA) is 106 Å². The number of amides is 1. The minimum atomic E-state index is -3.66. The molecule has 1 saturated heterocycles. The number of rotatable bonds is 5. The minimum Gasteiger partial charge on any atom is -0.305 e. The molecule has 2 unspecified atom stereocenters. The normalized spacial score (nSPS) is 19.9. The molecule has 0 bridgehead atoms. The van der Waals surface area contributed by atoms with Crippen LogP contribution >= 0.6 is 11.3 Å². The highest BCUT2D eigenvalue weighted by Gasteiger charge is 2.31. The molecule has 1 fully saturated rings. The van der Waals surface area contributed by atoms with Crippen molar-refractivity contribution in [1.29, 1.82) is 0 Å². The Labute approximate surface area is 215 Å². The van der Waals surface area contributed by atoms with E-state index in [4.69, 9.17) is 6.42 Å². The van der Waals surface area contributed by atoms with Crippen LogP contribution in [-0.4, -0.2) is 51.0 Å². The van der Waals surface area contributed by atoms with Gasteiger partial charge in [0.25, 0.3) is 5.91 Å². The van der Waals surface area contributed by atoms with Gasteiger partial charge in [-0.2, -0.15) is 9.30 Å². The third kappa shape index (κ3) is 5.32. The maximum atomic E-state index is 13.1. The molecule has 1 amide bonds. The van der Waals surface area contributed by atoms with E-state index in [1.54, 1.807) is 10.6 Å². The van der Waals surface area contributed by atoms with Gasteiger partial charge in [-0.1, -0.05) is 31.1 Å². The van der Waals surface area contributed by atoms with Gasteiger partial charge in [0, 0.05) is 24.9 Å². The van der Waals surface area contributed by atoms with Crippen molar-refractivity contribution < 1.29 is 21.6 Å². The first-order chi connectivity index (χ1) is 16.9. The Morgan fingerprint density at radius 3 is 2.25 bits per heavy atom. The number of benzene rings is 2. The highest BCUT2D eigenvalue weighted by atomic mass is 32.2. The summed E-state index contributed by atoms with van der Waals surface area (Å²) in [6.45, 7) is 5.19. The predicted molar refractivity (Wildman–Crippen MR) is 140 cm³/mol. The molecule has 2 aromatic carbocycles. The molecule has 8 nitrogen and oxygen atoms in total. The average molecular weight is 546 g/mol. The number of sulfone groups is 1. The van der Waals surface area contributed by atoms with Crippen molar-refractivity contribution in [2.75, 3.05) is 19.3 Å². The van der Waals surface area contributed by atoms with Crippen molar-refractivity contribution in [3.63, 3.8) is 0 Å². The van der Waals surface area contributed by atoms with Crippen LogP contribution in [0.1, 0.15) is 30.6 Å². The molecule has 36 heavy (non-hydrogen) atoms. The van der Waals surface area contributed by atoms with Crippen molar-refractivity contribution in [1.82, 2.24) is 8.87 Å². The summed E-state index contributed by atoms with van der Waals surface area (Å²) >= 11 is 1.16. The fourth-order valence-electron chi connectivity index (χ4n) is 4.49. The first kappa shape index (κ1) is 26.3. The molecule has 0 spiro atoms. The van der Waals surface area contributed by atoms with E-state index < -0.39 is 25.8 Å². The number of piperidine rings is 1. The Kier molecular flexibility index (Phi) is 7.26. The molecule has 1 aromatic heterocycles. The third-order valence-electron chi connectivity index (χ3n) is 6.10. The zero-order valence-electron chi connectivity index (χ0n) is 20.2. The summed E-state index contributed by atoms with van der Waals surface area (Å²) < 4.78 is 53.9. The quantitative estimate of drug-likeness (QED) is 0.458. The molecule has 3 aromatic rings. The Morgan fingerprint density at radius 1 is 1.06 bits per heavy atom. The molecule has 190 valence electrons. The van der Waals surface area contributed by atoms with Gasteiger partial charge in [-0.15, -0.1) is 6.42 Å². The SMILES string of the molecule is C#CCn1c(=NC(=O)c2ccc(S(=O)(=O)N3CC(C)CC(C)C3)cc2)sc2cc(S(C)(=O)=O)ccc21. The van der Waals surface area contributed by atoms with Crippen LogP contribution in [-0.2, 0) is 26.4 Å². The molecular weight excluding hydrogens is 518 g/mol. The van der Waals surface area contributed by atoms with Crippen LogP contribution in [0, 0.1) is 24.2 Å². The molecule has 11 heteroatoms. The van der Waals surface area contributed by atoms with Crippen molar-refractivity contribution in [3.8, 4) is 12.3 Å². The second-order valence-corrected chi connectivity index (χ2v) is 14.2. The van der Waals surface area contributed by atoms with E-state index in [2.05, 4.69) is 10.9 Å². The van der Waals surface area contributed by atoms with E-state index >= 15 is 0 Å². The van der Waals surface area contributed by atoms with E-state index in [-0.39, 0.29) is 33.7 Å². The fourth-order valence-corrected chi connectivity index (χ4v) is 7.95. The maximum Gasteiger partial charge on any atom is 0.279 e. The predicted octanol–water partition coefficient (Wildman–Crippen LogP) is 3.15.